The minimum Gasteiger partial charge on any atom is -0.322 e. The van der Waals surface area contributed by atoms with Crippen LogP contribution in [0, 0.1) is 18.3 Å². The highest BCUT2D eigenvalue weighted by atomic mass is 15.2. The van der Waals surface area contributed by atoms with Crippen molar-refractivity contribution in [3.8, 4) is 11.9 Å². The first-order chi connectivity index (χ1) is 11.8. The third-order valence-electron chi connectivity index (χ3n) is 4.36. The second-order valence-electron chi connectivity index (χ2n) is 5.83. The molecule has 4 nitrogen and oxygen atoms in total. The summed E-state index contributed by atoms with van der Waals surface area (Å²) in [5, 5.41) is 10.2. The number of aromatic nitrogens is 3. The Morgan fingerprint density at radius 2 is 1.88 bits per heavy atom. The number of para-hydroxylation sites is 1. The van der Waals surface area contributed by atoms with Crippen molar-refractivity contribution in [3.05, 3.63) is 83.9 Å². The van der Waals surface area contributed by atoms with Crippen LogP contribution in [0.1, 0.15) is 16.7 Å². The fraction of sp³-hybridized carbons (Fsp3) is 0.100. The smallest absolute Gasteiger partial charge is 0.122 e. The molecule has 0 aliphatic rings. The molecule has 2 heterocycles. The van der Waals surface area contributed by atoms with Gasteiger partial charge in [-0.1, -0.05) is 30.3 Å². The molecular formula is C20H16N4. The Bertz CT molecular complexity index is 1030. The van der Waals surface area contributed by atoms with Gasteiger partial charge in [-0.15, -0.1) is 0 Å². The fourth-order valence-corrected chi connectivity index (χ4v) is 3.21. The molecule has 0 fully saturated rings. The molecule has 4 rings (SSSR count). The second-order valence-corrected chi connectivity index (χ2v) is 5.83. The lowest BCUT2D eigenvalue weighted by Gasteiger charge is -2.12. The summed E-state index contributed by atoms with van der Waals surface area (Å²) >= 11 is 0. The van der Waals surface area contributed by atoms with Gasteiger partial charge in [0.15, 0.2) is 0 Å². The molecule has 116 valence electrons. The van der Waals surface area contributed by atoms with Crippen LogP contribution in [0.4, 0.5) is 0 Å². The molecule has 2 aromatic carbocycles. The highest BCUT2D eigenvalue weighted by molar-refractivity contribution is 5.87. The number of hydrogen-bond acceptors (Lipinski definition) is 2. The van der Waals surface area contributed by atoms with Crippen molar-refractivity contribution >= 4 is 10.9 Å². The molecule has 0 bridgehead atoms. The third kappa shape index (κ3) is 2.27. The van der Waals surface area contributed by atoms with Crippen LogP contribution in [-0.4, -0.2) is 14.1 Å². The van der Waals surface area contributed by atoms with Gasteiger partial charge in [0.05, 0.1) is 17.1 Å². The van der Waals surface area contributed by atoms with Crippen LogP contribution in [0.15, 0.2) is 67.3 Å². The Balaban J connectivity index is 1.89. The van der Waals surface area contributed by atoms with Crippen molar-refractivity contribution in [2.24, 2.45) is 0 Å². The Morgan fingerprint density at radius 3 is 2.58 bits per heavy atom. The maximum absolute atomic E-state index is 8.97. The molecule has 0 spiro atoms. The van der Waals surface area contributed by atoms with Crippen LogP contribution in [0.2, 0.25) is 0 Å². The highest BCUT2D eigenvalue weighted by Crippen LogP contribution is 2.29. The number of nitrogens with zero attached hydrogens (tertiary/aromatic N) is 4. The molecular weight excluding hydrogens is 296 g/mol. The van der Waals surface area contributed by atoms with E-state index in [0.717, 1.165) is 17.9 Å². The summed E-state index contributed by atoms with van der Waals surface area (Å²) in [5.74, 6) is 1.12. The summed E-state index contributed by atoms with van der Waals surface area (Å²) in [4.78, 5) is 4.19. The van der Waals surface area contributed by atoms with Gasteiger partial charge < -0.3 is 4.57 Å². The normalized spacial score (nSPS) is 10.8. The summed E-state index contributed by atoms with van der Waals surface area (Å²) in [6.07, 6.45) is 5.59. The van der Waals surface area contributed by atoms with E-state index in [-0.39, 0.29) is 0 Å². The van der Waals surface area contributed by atoms with Crippen LogP contribution in [0.3, 0.4) is 0 Å². The van der Waals surface area contributed by atoms with E-state index in [4.69, 9.17) is 5.26 Å². The fourth-order valence-electron chi connectivity index (χ4n) is 3.21. The number of fused-ring (bicyclic) bond motifs is 1. The van der Waals surface area contributed by atoms with E-state index in [1.165, 1.54) is 16.5 Å². The Morgan fingerprint density at radius 1 is 1.08 bits per heavy atom. The second kappa shape index (κ2) is 5.71. The van der Waals surface area contributed by atoms with Crippen molar-refractivity contribution < 1.29 is 0 Å². The Hall–Kier alpha value is -3.32. The average Bonchev–Trinajstić information content (AvgIpc) is 3.23. The summed E-state index contributed by atoms with van der Waals surface area (Å²) < 4.78 is 4.35. The zero-order valence-electron chi connectivity index (χ0n) is 13.3. The van der Waals surface area contributed by atoms with Crippen molar-refractivity contribution in [3.63, 3.8) is 0 Å². The summed E-state index contributed by atoms with van der Waals surface area (Å²) in [7, 11) is 0. The van der Waals surface area contributed by atoms with Gasteiger partial charge in [0.2, 0.25) is 0 Å². The molecule has 0 unspecified atom stereocenters. The number of imidazole rings is 1. The molecule has 24 heavy (non-hydrogen) atoms. The van der Waals surface area contributed by atoms with E-state index in [1.54, 1.807) is 6.20 Å². The SMILES string of the molecule is Cc1c(-n2ccnc2)n(Cc2ccc(C#N)cc2)c2ccccc12. The molecule has 0 saturated carbocycles. The molecule has 0 aliphatic heterocycles. The quantitative estimate of drug-likeness (QED) is 0.573. The van der Waals surface area contributed by atoms with E-state index in [1.807, 2.05) is 36.8 Å². The summed E-state index contributed by atoms with van der Waals surface area (Å²) in [6.45, 7) is 2.89. The molecule has 0 N–H and O–H groups in total. The molecule has 0 atom stereocenters. The first-order valence-electron chi connectivity index (χ1n) is 7.83. The van der Waals surface area contributed by atoms with Gasteiger partial charge in [0, 0.05) is 24.3 Å². The Labute approximate surface area is 140 Å². The molecule has 2 aromatic heterocycles. The van der Waals surface area contributed by atoms with E-state index >= 15 is 0 Å². The van der Waals surface area contributed by atoms with Crippen molar-refractivity contribution in [2.75, 3.05) is 0 Å². The van der Waals surface area contributed by atoms with Gasteiger partial charge in [0.25, 0.3) is 0 Å². The first kappa shape index (κ1) is 14.3. The zero-order valence-corrected chi connectivity index (χ0v) is 13.3. The van der Waals surface area contributed by atoms with Gasteiger partial charge in [-0.3, -0.25) is 4.57 Å². The highest BCUT2D eigenvalue weighted by Gasteiger charge is 2.15. The lowest BCUT2D eigenvalue weighted by Crippen LogP contribution is -2.07. The van der Waals surface area contributed by atoms with Crippen LogP contribution in [0.25, 0.3) is 16.7 Å². The van der Waals surface area contributed by atoms with Crippen molar-refractivity contribution in [2.45, 2.75) is 13.5 Å². The molecule has 0 aliphatic carbocycles. The van der Waals surface area contributed by atoms with Gasteiger partial charge in [-0.05, 0) is 36.2 Å². The molecule has 0 radical (unpaired) electrons. The number of rotatable bonds is 3. The molecule has 4 aromatic rings. The largest absolute Gasteiger partial charge is 0.322 e. The minimum atomic E-state index is 0.683. The summed E-state index contributed by atoms with van der Waals surface area (Å²) in [6, 6.07) is 18.4. The third-order valence-corrected chi connectivity index (χ3v) is 4.36. The molecule has 0 saturated heterocycles. The number of aryl methyl sites for hydroxylation is 1. The van der Waals surface area contributed by atoms with Crippen molar-refractivity contribution in [1.29, 1.82) is 5.26 Å². The predicted molar refractivity (Wildman–Crippen MR) is 94.1 cm³/mol. The van der Waals surface area contributed by atoms with Crippen LogP contribution < -0.4 is 0 Å². The summed E-state index contributed by atoms with van der Waals surface area (Å²) in [5.41, 5.74) is 4.28. The van der Waals surface area contributed by atoms with Crippen LogP contribution in [-0.2, 0) is 6.54 Å². The van der Waals surface area contributed by atoms with E-state index in [0.29, 0.717) is 5.56 Å². The van der Waals surface area contributed by atoms with Gasteiger partial charge in [-0.2, -0.15) is 5.26 Å². The van der Waals surface area contributed by atoms with Gasteiger partial charge >= 0.3 is 0 Å². The molecule has 4 heteroatoms. The lowest BCUT2D eigenvalue weighted by molar-refractivity contribution is 0.781. The molecule has 0 amide bonds. The van der Waals surface area contributed by atoms with Gasteiger partial charge in [0.1, 0.15) is 12.1 Å². The Kier molecular flexibility index (Phi) is 3.40. The van der Waals surface area contributed by atoms with E-state index in [2.05, 4.69) is 51.4 Å². The predicted octanol–water partition coefficient (Wildman–Crippen LogP) is 4.06. The van der Waals surface area contributed by atoms with Crippen molar-refractivity contribution in [1.82, 2.24) is 14.1 Å². The van der Waals surface area contributed by atoms with E-state index < -0.39 is 0 Å². The number of hydrogen-bond donors (Lipinski definition) is 0. The average molecular weight is 312 g/mol. The number of benzene rings is 2. The van der Waals surface area contributed by atoms with Crippen LogP contribution in [0.5, 0.6) is 0 Å². The monoisotopic (exact) mass is 312 g/mol. The maximum atomic E-state index is 8.97. The first-order valence-corrected chi connectivity index (χ1v) is 7.83. The lowest BCUT2D eigenvalue weighted by atomic mass is 10.1. The van der Waals surface area contributed by atoms with E-state index in [9.17, 15) is 0 Å². The topological polar surface area (TPSA) is 46.5 Å². The maximum Gasteiger partial charge on any atom is 0.122 e. The van der Waals surface area contributed by atoms with Gasteiger partial charge in [-0.25, -0.2) is 4.98 Å². The van der Waals surface area contributed by atoms with Crippen LogP contribution >= 0.6 is 0 Å². The minimum absolute atomic E-state index is 0.683. The standard InChI is InChI=1S/C20H16N4/c1-15-18-4-2-3-5-19(18)24(20(15)23-11-10-22-14-23)13-17-8-6-16(12-21)7-9-17/h2-11,14H,13H2,1H3. The zero-order chi connectivity index (χ0) is 16.5. The number of nitriles is 1.